The molecular weight excluding hydrogens is 326 g/mol. The highest BCUT2D eigenvalue weighted by Gasteiger charge is 2.41. The van der Waals surface area contributed by atoms with E-state index >= 15 is 0 Å². The average Bonchev–Trinajstić information content (AvgIpc) is 3.32. The molecule has 2 saturated heterocycles. The number of aliphatic hydroxyl groups is 1. The molecular formula is C21H33N3O2. The predicted molar refractivity (Wildman–Crippen MR) is 104 cm³/mol. The summed E-state index contributed by atoms with van der Waals surface area (Å²) in [5.41, 5.74) is 1.04. The Kier molecular flexibility index (Phi) is 6.54. The van der Waals surface area contributed by atoms with Gasteiger partial charge < -0.3 is 20.2 Å². The Morgan fingerprint density at radius 3 is 2.85 bits per heavy atom. The fraction of sp³-hybridized carbons (Fsp3) is 0.667. The lowest BCUT2D eigenvalue weighted by Crippen LogP contribution is -2.53. The lowest BCUT2D eigenvalue weighted by Gasteiger charge is -2.36. The van der Waals surface area contributed by atoms with Gasteiger partial charge in [0.25, 0.3) is 0 Å². The summed E-state index contributed by atoms with van der Waals surface area (Å²) in [6.45, 7) is 6.89. The van der Waals surface area contributed by atoms with Gasteiger partial charge in [0, 0.05) is 26.2 Å². The zero-order valence-corrected chi connectivity index (χ0v) is 16.0. The first-order valence-corrected chi connectivity index (χ1v) is 10.1. The van der Waals surface area contributed by atoms with Gasteiger partial charge in [-0.25, -0.2) is 4.79 Å². The van der Waals surface area contributed by atoms with E-state index in [2.05, 4.69) is 47.5 Å². The number of likely N-dealkylation sites (tertiary alicyclic amines) is 2. The molecule has 5 heteroatoms. The minimum absolute atomic E-state index is 0.00105. The molecule has 2 fully saturated rings. The molecule has 144 valence electrons. The number of nitrogens with one attached hydrogen (secondary N) is 1. The number of hydrogen-bond acceptors (Lipinski definition) is 3. The van der Waals surface area contributed by atoms with Crippen LogP contribution in [0.25, 0.3) is 0 Å². The molecule has 3 rings (SSSR count). The van der Waals surface area contributed by atoms with Crippen molar-refractivity contribution in [3.63, 3.8) is 0 Å². The summed E-state index contributed by atoms with van der Waals surface area (Å²) in [6, 6.07) is 10.6. The van der Waals surface area contributed by atoms with Crippen LogP contribution in [0.3, 0.4) is 0 Å². The summed E-state index contributed by atoms with van der Waals surface area (Å²) in [7, 11) is 0. The summed E-state index contributed by atoms with van der Waals surface area (Å²) in [4.78, 5) is 17.0. The van der Waals surface area contributed by atoms with Gasteiger partial charge in [-0.2, -0.15) is 0 Å². The molecule has 2 aliphatic heterocycles. The second-order valence-electron chi connectivity index (χ2n) is 7.87. The van der Waals surface area contributed by atoms with Crippen molar-refractivity contribution in [2.45, 2.75) is 44.6 Å². The molecule has 2 unspecified atom stereocenters. The fourth-order valence-corrected chi connectivity index (χ4v) is 4.44. The third-order valence-electron chi connectivity index (χ3n) is 6.27. The van der Waals surface area contributed by atoms with Crippen LogP contribution < -0.4 is 5.32 Å². The molecule has 2 amide bonds. The zero-order chi connectivity index (χ0) is 18.4. The maximum atomic E-state index is 12.6. The van der Waals surface area contributed by atoms with Gasteiger partial charge in [-0.05, 0) is 50.1 Å². The first kappa shape index (κ1) is 19.2. The fourth-order valence-electron chi connectivity index (χ4n) is 4.44. The standard InChI is InChI=1S/C21H33N3O2/c1-2-21(17-25)11-6-12-24(21)20(26)22-15-19-10-14-23(16-19)13-9-18-7-4-3-5-8-18/h3-5,7-8,19,25H,2,6,9-17H2,1H3,(H,22,26). The molecule has 5 nitrogen and oxygen atoms in total. The third-order valence-corrected chi connectivity index (χ3v) is 6.27. The highest BCUT2D eigenvalue weighted by molar-refractivity contribution is 5.75. The van der Waals surface area contributed by atoms with E-state index in [1.807, 2.05) is 4.90 Å². The van der Waals surface area contributed by atoms with Crippen molar-refractivity contribution in [3.05, 3.63) is 35.9 Å². The normalized spacial score (nSPS) is 26.4. The Morgan fingerprint density at radius 1 is 1.31 bits per heavy atom. The van der Waals surface area contributed by atoms with Crippen molar-refractivity contribution in [2.75, 3.05) is 39.3 Å². The second kappa shape index (κ2) is 8.87. The number of carbonyl (C=O) groups is 1. The molecule has 0 bridgehead atoms. The van der Waals surface area contributed by atoms with Gasteiger partial charge >= 0.3 is 6.03 Å². The number of hydrogen-bond donors (Lipinski definition) is 2. The van der Waals surface area contributed by atoms with Crippen molar-refractivity contribution >= 4 is 6.03 Å². The van der Waals surface area contributed by atoms with E-state index in [-0.39, 0.29) is 18.2 Å². The summed E-state index contributed by atoms with van der Waals surface area (Å²) < 4.78 is 0. The molecule has 0 spiro atoms. The van der Waals surface area contributed by atoms with E-state index in [0.29, 0.717) is 5.92 Å². The molecule has 26 heavy (non-hydrogen) atoms. The van der Waals surface area contributed by atoms with Gasteiger partial charge in [0.15, 0.2) is 0 Å². The number of urea groups is 1. The van der Waals surface area contributed by atoms with Crippen molar-refractivity contribution in [1.82, 2.24) is 15.1 Å². The smallest absolute Gasteiger partial charge is 0.317 e. The molecule has 2 N–H and O–H groups in total. The van der Waals surface area contributed by atoms with E-state index in [1.165, 1.54) is 5.56 Å². The van der Waals surface area contributed by atoms with Crippen LogP contribution in [0, 0.1) is 5.92 Å². The summed E-state index contributed by atoms with van der Waals surface area (Å²) >= 11 is 0. The maximum Gasteiger partial charge on any atom is 0.317 e. The summed E-state index contributed by atoms with van der Waals surface area (Å²) in [5, 5.41) is 12.9. The van der Waals surface area contributed by atoms with Gasteiger partial charge in [0.2, 0.25) is 0 Å². The Labute approximate surface area is 157 Å². The first-order valence-electron chi connectivity index (χ1n) is 10.1. The van der Waals surface area contributed by atoms with E-state index in [4.69, 9.17) is 0 Å². The molecule has 2 atom stereocenters. The Balaban J connectivity index is 1.41. The highest BCUT2D eigenvalue weighted by atomic mass is 16.3. The van der Waals surface area contributed by atoms with Crippen LogP contribution in [0.15, 0.2) is 30.3 Å². The second-order valence-corrected chi connectivity index (χ2v) is 7.87. The van der Waals surface area contributed by atoms with Gasteiger partial charge in [-0.1, -0.05) is 37.3 Å². The van der Waals surface area contributed by atoms with Crippen LogP contribution in [0.5, 0.6) is 0 Å². The third kappa shape index (κ3) is 4.38. The minimum atomic E-state index is -0.346. The largest absolute Gasteiger partial charge is 0.394 e. The topological polar surface area (TPSA) is 55.8 Å². The lowest BCUT2D eigenvalue weighted by molar-refractivity contribution is 0.0806. The number of aliphatic hydroxyl groups excluding tert-OH is 1. The van der Waals surface area contributed by atoms with Crippen molar-refractivity contribution < 1.29 is 9.90 Å². The van der Waals surface area contributed by atoms with Crippen LogP contribution >= 0.6 is 0 Å². The first-order chi connectivity index (χ1) is 12.7. The number of carbonyl (C=O) groups excluding carboxylic acids is 1. The maximum absolute atomic E-state index is 12.6. The lowest BCUT2D eigenvalue weighted by atomic mass is 9.94. The van der Waals surface area contributed by atoms with E-state index in [1.54, 1.807) is 0 Å². The van der Waals surface area contributed by atoms with Crippen LogP contribution in [-0.4, -0.2) is 65.8 Å². The summed E-state index contributed by atoms with van der Waals surface area (Å²) in [6.07, 6.45) is 4.94. The van der Waals surface area contributed by atoms with Crippen molar-refractivity contribution in [1.29, 1.82) is 0 Å². The van der Waals surface area contributed by atoms with Crippen LogP contribution in [0.2, 0.25) is 0 Å². The Hall–Kier alpha value is -1.59. The number of rotatable bonds is 7. The van der Waals surface area contributed by atoms with Gasteiger partial charge in [0.1, 0.15) is 0 Å². The molecule has 0 aliphatic carbocycles. The molecule has 0 radical (unpaired) electrons. The quantitative estimate of drug-likeness (QED) is 0.786. The Morgan fingerprint density at radius 2 is 2.12 bits per heavy atom. The highest BCUT2D eigenvalue weighted by Crippen LogP contribution is 2.32. The molecule has 2 aliphatic rings. The number of amides is 2. The monoisotopic (exact) mass is 359 g/mol. The van der Waals surface area contributed by atoms with Crippen LogP contribution in [-0.2, 0) is 6.42 Å². The predicted octanol–water partition coefficient (Wildman–Crippen LogP) is 2.50. The van der Waals surface area contributed by atoms with E-state index in [9.17, 15) is 9.90 Å². The Bertz CT molecular complexity index is 574. The van der Waals surface area contributed by atoms with Gasteiger partial charge in [-0.3, -0.25) is 0 Å². The minimum Gasteiger partial charge on any atom is -0.394 e. The van der Waals surface area contributed by atoms with Crippen molar-refractivity contribution in [3.8, 4) is 0 Å². The molecule has 1 aromatic carbocycles. The zero-order valence-electron chi connectivity index (χ0n) is 16.0. The van der Waals surface area contributed by atoms with E-state index in [0.717, 1.165) is 64.8 Å². The van der Waals surface area contributed by atoms with Crippen LogP contribution in [0.1, 0.15) is 38.2 Å². The van der Waals surface area contributed by atoms with Gasteiger partial charge in [0.05, 0.1) is 12.1 Å². The number of benzene rings is 1. The SMILES string of the molecule is CCC1(CO)CCCN1C(=O)NCC1CCN(CCc2ccccc2)C1. The molecule has 0 saturated carbocycles. The average molecular weight is 360 g/mol. The van der Waals surface area contributed by atoms with Crippen LogP contribution in [0.4, 0.5) is 4.79 Å². The van der Waals surface area contributed by atoms with Crippen molar-refractivity contribution in [2.24, 2.45) is 5.92 Å². The van der Waals surface area contributed by atoms with E-state index < -0.39 is 0 Å². The summed E-state index contributed by atoms with van der Waals surface area (Å²) in [5.74, 6) is 0.530. The number of nitrogens with zero attached hydrogens (tertiary/aromatic N) is 2. The molecule has 2 heterocycles. The molecule has 0 aromatic heterocycles. The molecule has 1 aromatic rings. The van der Waals surface area contributed by atoms with Gasteiger partial charge in [-0.15, -0.1) is 0 Å².